The SMILES string of the molecule is Cc1ccc(NCC(=O)c2ccc(S(=O)(=O)N3CCC(C)CC3)cc2)c(C)c1. The zero-order valence-electron chi connectivity index (χ0n) is 16.7. The van der Waals surface area contributed by atoms with Crippen LogP contribution >= 0.6 is 0 Å². The van der Waals surface area contributed by atoms with Crippen molar-refractivity contribution in [1.29, 1.82) is 0 Å². The van der Waals surface area contributed by atoms with Gasteiger partial charge in [0, 0.05) is 24.3 Å². The molecule has 6 heteroatoms. The monoisotopic (exact) mass is 400 g/mol. The van der Waals surface area contributed by atoms with E-state index in [4.69, 9.17) is 0 Å². The van der Waals surface area contributed by atoms with Gasteiger partial charge in [-0.25, -0.2) is 8.42 Å². The summed E-state index contributed by atoms with van der Waals surface area (Å²) in [5.41, 5.74) is 3.69. The molecule has 0 aliphatic carbocycles. The van der Waals surface area contributed by atoms with E-state index in [-0.39, 0.29) is 17.2 Å². The molecule has 1 aliphatic rings. The third-order valence-electron chi connectivity index (χ3n) is 5.38. The molecular weight excluding hydrogens is 372 g/mol. The van der Waals surface area contributed by atoms with Gasteiger partial charge in [-0.3, -0.25) is 4.79 Å². The lowest BCUT2D eigenvalue weighted by Gasteiger charge is -2.29. The van der Waals surface area contributed by atoms with Crippen molar-refractivity contribution >= 4 is 21.5 Å². The van der Waals surface area contributed by atoms with Crippen molar-refractivity contribution in [3.8, 4) is 0 Å². The van der Waals surface area contributed by atoms with Crippen LogP contribution in [-0.4, -0.2) is 38.1 Å². The highest BCUT2D eigenvalue weighted by molar-refractivity contribution is 7.89. The Morgan fingerprint density at radius 3 is 2.32 bits per heavy atom. The molecule has 28 heavy (non-hydrogen) atoms. The van der Waals surface area contributed by atoms with E-state index in [1.165, 1.54) is 17.7 Å². The van der Waals surface area contributed by atoms with Gasteiger partial charge in [0.25, 0.3) is 0 Å². The molecule has 0 saturated carbocycles. The Morgan fingerprint density at radius 2 is 1.71 bits per heavy atom. The smallest absolute Gasteiger partial charge is 0.243 e. The van der Waals surface area contributed by atoms with E-state index in [2.05, 4.69) is 18.3 Å². The summed E-state index contributed by atoms with van der Waals surface area (Å²) in [5, 5.41) is 3.16. The predicted molar refractivity (Wildman–Crippen MR) is 112 cm³/mol. The van der Waals surface area contributed by atoms with Gasteiger partial charge in [-0.2, -0.15) is 4.31 Å². The molecule has 0 aromatic heterocycles. The molecule has 0 bridgehead atoms. The van der Waals surface area contributed by atoms with Crippen molar-refractivity contribution in [3.63, 3.8) is 0 Å². The summed E-state index contributed by atoms with van der Waals surface area (Å²) in [6, 6.07) is 12.3. The minimum atomic E-state index is -3.49. The van der Waals surface area contributed by atoms with Crippen molar-refractivity contribution in [2.24, 2.45) is 5.92 Å². The topological polar surface area (TPSA) is 66.5 Å². The van der Waals surface area contributed by atoms with Crippen LogP contribution in [0.3, 0.4) is 0 Å². The van der Waals surface area contributed by atoms with Crippen molar-refractivity contribution in [2.75, 3.05) is 25.0 Å². The second kappa shape index (κ2) is 8.45. The van der Waals surface area contributed by atoms with Crippen LogP contribution < -0.4 is 5.32 Å². The summed E-state index contributed by atoms with van der Waals surface area (Å²) in [6.45, 7) is 7.47. The first kappa shape index (κ1) is 20.6. The molecule has 0 spiro atoms. The largest absolute Gasteiger partial charge is 0.377 e. The molecule has 2 aromatic rings. The Morgan fingerprint density at radius 1 is 1.07 bits per heavy atom. The number of aryl methyl sites for hydroxylation is 2. The van der Waals surface area contributed by atoms with E-state index < -0.39 is 10.0 Å². The fraction of sp³-hybridized carbons (Fsp3) is 0.409. The molecule has 0 radical (unpaired) electrons. The molecule has 1 heterocycles. The average molecular weight is 401 g/mol. The molecule has 0 amide bonds. The second-order valence-electron chi connectivity index (χ2n) is 7.71. The number of nitrogens with one attached hydrogen (secondary N) is 1. The van der Waals surface area contributed by atoms with Gasteiger partial charge in [0.2, 0.25) is 10.0 Å². The standard InChI is InChI=1S/C22H28N2O3S/c1-16-10-12-24(13-11-16)28(26,27)20-7-5-19(6-8-20)22(25)15-23-21-9-4-17(2)14-18(21)3/h4-9,14,16,23H,10-13,15H2,1-3H3. The van der Waals surface area contributed by atoms with Crippen LogP contribution in [0.4, 0.5) is 5.69 Å². The minimum absolute atomic E-state index is 0.0734. The number of rotatable bonds is 6. The predicted octanol–water partition coefficient (Wildman–Crippen LogP) is 4.02. The number of ketones is 1. The van der Waals surface area contributed by atoms with E-state index >= 15 is 0 Å². The third kappa shape index (κ3) is 4.62. The summed E-state index contributed by atoms with van der Waals surface area (Å²) in [4.78, 5) is 12.7. The van der Waals surface area contributed by atoms with Gasteiger partial charge in [0.05, 0.1) is 11.4 Å². The van der Waals surface area contributed by atoms with E-state index in [1.54, 1.807) is 16.4 Å². The zero-order chi connectivity index (χ0) is 20.3. The molecule has 0 unspecified atom stereocenters. The van der Waals surface area contributed by atoms with Gasteiger partial charge in [-0.05, 0) is 68.5 Å². The lowest BCUT2D eigenvalue weighted by atomic mass is 10.0. The number of sulfonamides is 1. The number of hydrogen-bond donors (Lipinski definition) is 1. The summed E-state index contributed by atoms with van der Waals surface area (Å²) in [7, 11) is -3.49. The number of anilines is 1. The first-order valence-corrected chi connectivity index (χ1v) is 11.2. The lowest BCUT2D eigenvalue weighted by Crippen LogP contribution is -2.37. The Hall–Kier alpha value is -2.18. The highest BCUT2D eigenvalue weighted by atomic mass is 32.2. The maximum Gasteiger partial charge on any atom is 0.243 e. The van der Waals surface area contributed by atoms with Gasteiger partial charge < -0.3 is 5.32 Å². The summed E-state index contributed by atoms with van der Waals surface area (Å²) in [6.07, 6.45) is 1.78. The fourth-order valence-corrected chi connectivity index (χ4v) is 4.95. The quantitative estimate of drug-likeness (QED) is 0.744. The van der Waals surface area contributed by atoms with Crippen molar-refractivity contribution in [1.82, 2.24) is 4.31 Å². The van der Waals surface area contributed by atoms with E-state index in [1.807, 2.05) is 26.0 Å². The molecule has 0 atom stereocenters. The van der Waals surface area contributed by atoms with Crippen LogP contribution in [0.25, 0.3) is 0 Å². The first-order chi connectivity index (χ1) is 13.3. The van der Waals surface area contributed by atoms with Gasteiger partial charge >= 0.3 is 0 Å². The van der Waals surface area contributed by atoms with Gasteiger partial charge in [-0.15, -0.1) is 0 Å². The van der Waals surface area contributed by atoms with Crippen LogP contribution in [0.2, 0.25) is 0 Å². The van der Waals surface area contributed by atoms with Crippen LogP contribution in [0.5, 0.6) is 0 Å². The average Bonchev–Trinajstić information content (AvgIpc) is 2.67. The van der Waals surface area contributed by atoms with E-state index in [0.29, 0.717) is 24.6 Å². The molecule has 5 nitrogen and oxygen atoms in total. The maximum atomic E-state index is 12.8. The Kier molecular flexibility index (Phi) is 6.20. The molecule has 1 N–H and O–H groups in total. The Bertz CT molecular complexity index is 944. The van der Waals surface area contributed by atoms with E-state index in [9.17, 15) is 13.2 Å². The summed E-state index contributed by atoms with van der Waals surface area (Å²) >= 11 is 0. The van der Waals surface area contributed by atoms with Crippen molar-refractivity contribution in [3.05, 3.63) is 59.2 Å². The zero-order valence-corrected chi connectivity index (χ0v) is 17.6. The van der Waals surface area contributed by atoms with Crippen LogP contribution in [-0.2, 0) is 10.0 Å². The summed E-state index contributed by atoms with van der Waals surface area (Å²) < 4.78 is 27.1. The van der Waals surface area contributed by atoms with Gasteiger partial charge in [-0.1, -0.05) is 24.6 Å². The molecule has 1 aliphatic heterocycles. The number of benzene rings is 2. The van der Waals surface area contributed by atoms with Crippen molar-refractivity contribution < 1.29 is 13.2 Å². The Labute approximate surface area is 167 Å². The molecular formula is C22H28N2O3S. The number of nitrogens with zero attached hydrogens (tertiary/aromatic N) is 1. The molecule has 150 valence electrons. The number of carbonyl (C=O) groups is 1. The maximum absolute atomic E-state index is 12.8. The minimum Gasteiger partial charge on any atom is -0.377 e. The highest BCUT2D eigenvalue weighted by Gasteiger charge is 2.28. The highest BCUT2D eigenvalue weighted by Crippen LogP contribution is 2.24. The van der Waals surface area contributed by atoms with E-state index in [0.717, 1.165) is 24.1 Å². The number of Topliss-reactive ketones (excluding diaryl/α,β-unsaturated/α-hetero) is 1. The molecule has 1 saturated heterocycles. The first-order valence-electron chi connectivity index (χ1n) is 9.72. The number of piperidine rings is 1. The lowest BCUT2D eigenvalue weighted by molar-refractivity contribution is 0.101. The Balaban J connectivity index is 1.65. The molecule has 1 fully saturated rings. The molecule has 2 aromatic carbocycles. The summed E-state index contributed by atoms with van der Waals surface area (Å²) in [5.74, 6) is 0.492. The van der Waals surface area contributed by atoms with Crippen LogP contribution in [0.15, 0.2) is 47.4 Å². The molecule has 3 rings (SSSR count). The number of carbonyl (C=O) groups excluding carboxylic acids is 1. The third-order valence-corrected chi connectivity index (χ3v) is 7.29. The van der Waals surface area contributed by atoms with Crippen LogP contribution in [0, 0.1) is 19.8 Å². The van der Waals surface area contributed by atoms with Gasteiger partial charge in [0.15, 0.2) is 5.78 Å². The normalized spacial score (nSPS) is 16.1. The van der Waals surface area contributed by atoms with Gasteiger partial charge in [0.1, 0.15) is 0 Å². The fourth-order valence-electron chi connectivity index (χ4n) is 3.48. The van der Waals surface area contributed by atoms with Crippen LogP contribution in [0.1, 0.15) is 41.3 Å². The number of hydrogen-bond acceptors (Lipinski definition) is 4. The van der Waals surface area contributed by atoms with Crippen molar-refractivity contribution in [2.45, 2.75) is 38.5 Å². The second-order valence-corrected chi connectivity index (χ2v) is 9.64.